The molecule has 1 aromatic rings. The van der Waals surface area contributed by atoms with Crippen molar-refractivity contribution >= 4 is 23.6 Å². The quantitative estimate of drug-likeness (QED) is 0.322. The van der Waals surface area contributed by atoms with Crippen molar-refractivity contribution in [3.63, 3.8) is 0 Å². The lowest BCUT2D eigenvalue weighted by molar-refractivity contribution is -0.193. The number of alkyl halides is 9. The summed E-state index contributed by atoms with van der Waals surface area (Å²) < 4.78 is 107. The normalized spacial score (nSPS) is 20.8. The van der Waals surface area contributed by atoms with Crippen LogP contribution in [-0.2, 0) is 23.9 Å². The van der Waals surface area contributed by atoms with Gasteiger partial charge < -0.3 is 35.4 Å². The molecule has 2 saturated heterocycles. The van der Waals surface area contributed by atoms with Gasteiger partial charge in [0, 0.05) is 37.9 Å². The van der Waals surface area contributed by atoms with Crippen molar-refractivity contribution in [1.29, 1.82) is 0 Å². The predicted molar refractivity (Wildman–Crippen MR) is 114 cm³/mol. The van der Waals surface area contributed by atoms with E-state index in [1.807, 2.05) is 18.3 Å². The van der Waals surface area contributed by atoms with Gasteiger partial charge in [0.25, 0.3) is 0 Å². The smallest absolute Gasteiger partial charge is 0.475 e. The van der Waals surface area contributed by atoms with E-state index < -0.39 is 36.4 Å². The first-order valence-corrected chi connectivity index (χ1v) is 10.7. The van der Waals surface area contributed by atoms with Crippen molar-refractivity contribution in [1.82, 2.24) is 10.3 Å². The Kier molecular flexibility index (Phi) is 14.7. The molecule has 230 valence electrons. The average molecular weight is 605 g/mol. The fourth-order valence-corrected chi connectivity index (χ4v) is 2.79. The second-order valence-electron chi connectivity index (χ2n) is 7.82. The van der Waals surface area contributed by atoms with Crippen LogP contribution in [0.3, 0.4) is 0 Å². The van der Waals surface area contributed by atoms with E-state index in [-0.39, 0.29) is 5.60 Å². The standard InChI is InChI=1S/C14H21N3O2.3C2HF3O2/c1-2-13(8-15-3-1)17-7-12-6-14(19-9-12)10-16-4-5-18-11-14;3*3-2(4,5)1(6)7/h1-3,8,12,16-17H,4-7,9-11H2;3*(H,6,7). The van der Waals surface area contributed by atoms with Crippen LogP contribution >= 0.6 is 0 Å². The first-order chi connectivity index (χ1) is 18.2. The zero-order valence-corrected chi connectivity index (χ0v) is 20.1. The number of halogens is 9. The summed E-state index contributed by atoms with van der Waals surface area (Å²) in [7, 11) is 0. The van der Waals surface area contributed by atoms with Crippen LogP contribution in [0.5, 0.6) is 0 Å². The summed E-state index contributed by atoms with van der Waals surface area (Å²) in [4.78, 5) is 30.8. The van der Waals surface area contributed by atoms with Crippen molar-refractivity contribution in [3.05, 3.63) is 24.5 Å². The number of aromatic nitrogens is 1. The van der Waals surface area contributed by atoms with E-state index in [1.54, 1.807) is 6.20 Å². The Morgan fingerprint density at radius 2 is 1.48 bits per heavy atom. The summed E-state index contributed by atoms with van der Waals surface area (Å²) in [6.07, 6.45) is -10.6. The summed E-state index contributed by atoms with van der Waals surface area (Å²) in [5, 5.41) is 28.2. The highest BCUT2D eigenvalue weighted by Gasteiger charge is 2.41. The largest absolute Gasteiger partial charge is 0.490 e. The molecule has 0 saturated carbocycles. The van der Waals surface area contributed by atoms with Crippen molar-refractivity contribution in [2.45, 2.75) is 30.6 Å². The third-order valence-corrected chi connectivity index (χ3v) is 4.51. The minimum absolute atomic E-state index is 0.113. The number of carboxylic acids is 3. The number of hydrogen-bond acceptors (Lipinski definition) is 8. The monoisotopic (exact) mass is 605 g/mol. The number of nitrogens with one attached hydrogen (secondary N) is 2. The van der Waals surface area contributed by atoms with Crippen LogP contribution in [0.1, 0.15) is 6.42 Å². The van der Waals surface area contributed by atoms with E-state index in [0.717, 1.165) is 45.0 Å². The number of ether oxygens (including phenoxy) is 2. The van der Waals surface area contributed by atoms with Gasteiger partial charge in [-0.3, -0.25) is 4.98 Å². The zero-order valence-electron chi connectivity index (χ0n) is 20.1. The number of nitrogens with zero attached hydrogens (tertiary/aromatic N) is 1. The molecule has 2 aliphatic rings. The molecule has 1 spiro atoms. The van der Waals surface area contributed by atoms with Crippen LogP contribution in [0.15, 0.2) is 24.5 Å². The lowest BCUT2D eigenvalue weighted by atomic mass is 9.94. The highest BCUT2D eigenvalue weighted by Crippen LogP contribution is 2.31. The average Bonchev–Trinajstić information content (AvgIpc) is 3.08. The first-order valence-electron chi connectivity index (χ1n) is 10.7. The number of pyridine rings is 1. The summed E-state index contributed by atoms with van der Waals surface area (Å²) in [6.45, 7) is 5.04. The van der Waals surface area contributed by atoms with E-state index in [4.69, 9.17) is 39.2 Å². The topological polar surface area (TPSA) is 167 Å². The van der Waals surface area contributed by atoms with E-state index in [1.165, 1.54) is 0 Å². The van der Waals surface area contributed by atoms with Crippen molar-refractivity contribution in [2.75, 3.05) is 44.8 Å². The lowest BCUT2D eigenvalue weighted by Crippen LogP contribution is -2.42. The van der Waals surface area contributed by atoms with Crippen molar-refractivity contribution in [3.8, 4) is 0 Å². The highest BCUT2D eigenvalue weighted by atomic mass is 19.4. The number of rotatable bonds is 3. The molecule has 2 aliphatic heterocycles. The Balaban J connectivity index is 0.000000603. The lowest BCUT2D eigenvalue weighted by Gasteiger charge is -2.25. The van der Waals surface area contributed by atoms with Gasteiger partial charge in [0.15, 0.2) is 0 Å². The molecule has 0 aromatic carbocycles. The van der Waals surface area contributed by atoms with Gasteiger partial charge in [0.2, 0.25) is 0 Å². The van der Waals surface area contributed by atoms with Crippen LogP contribution in [0.2, 0.25) is 0 Å². The molecule has 40 heavy (non-hydrogen) atoms. The number of anilines is 1. The van der Waals surface area contributed by atoms with Crippen LogP contribution in [0, 0.1) is 5.92 Å². The fourth-order valence-electron chi connectivity index (χ4n) is 2.79. The van der Waals surface area contributed by atoms with E-state index in [9.17, 15) is 39.5 Å². The second kappa shape index (κ2) is 16.0. The van der Waals surface area contributed by atoms with E-state index in [2.05, 4.69) is 15.6 Å². The highest BCUT2D eigenvalue weighted by molar-refractivity contribution is 5.73. The number of aliphatic carboxylic acids is 3. The van der Waals surface area contributed by atoms with Crippen LogP contribution in [0.4, 0.5) is 45.2 Å². The summed E-state index contributed by atoms with van der Waals surface area (Å²) in [6, 6.07) is 3.98. The molecule has 2 atom stereocenters. The molecule has 0 bridgehead atoms. The molecule has 2 unspecified atom stereocenters. The first kappa shape index (κ1) is 36.6. The van der Waals surface area contributed by atoms with Gasteiger partial charge in [-0.25, -0.2) is 14.4 Å². The molecule has 0 amide bonds. The Bertz CT molecular complexity index is 863. The summed E-state index contributed by atoms with van der Waals surface area (Å²) in [5.74, 6) is -7.74. The van der Waals surface area contributed by atoms with Crippen molar-refractivity contribution in [2.24, 2.45) is 5.92 Å². The second-order valence-corrected chi connectivity index (χ2v) is 7.82. The molecule has 3 heterocycles. The molecule has 5 N–H and O–H groups in total. The van der Waals surface area contributed by atoms with E-state index in [0.29, 0.717) is 12.5 Å². The molecule has 3 rings (SSSR count). The van der Waals surface area contributed by atoms with Crippen LogP contribution < -0.4 is 10.6 Å². The minimum atomic E-state index is -5.08. The predicted octanol–water partition coefficient (Wildman–Crippen LogP) is 2.79. The van der Waals surface area contributed by atoms with Gasteiger partial charge >= 0.3 is 36.4 Å². The van der Waals surface area contributed by atoms with Gasteiger partial charge in [-0.2, -0.15) is 39.5 Å². The number of hydrogen-bond donors (Lipinski definition) is 5. The molecular weight excluding hydrogens is 581 g/mol. The molecular formula is C20H24F9N3O8. The molecule has 0 radical (unpaired) electrons. The molecule has 0 aliphatic carbocycles. The Morgan fingerprint density at radius 1 is 0.975 bits per heavy atom. The fraction of sp³-hybridized carbons (Fsp3) is 0.600. The SMILES string of the molecule is O=C(O)C(F)(F)F.O=C(O)C(F)(F)F.O=C(O)C(F)(F)F.c1cncc(NCC2COC3(CNCCOC3)C2)c1. The zero-order chi connectivity index (χ0) is 31.2. The van der Waals surface area contributed by atoms with E-state index >= 15 is 0 Å². The van der Waals surface area contributed by atoms with Gasteiger partial charge in [-0.05, 0) is 18.6 Å². The Labute approximate surface area is 219 Å². The third kappa shape index (κ3) is 15.9. The Hall–Kier alpha value is -3.39. The van der Waals surface area contributed by atoms with Gasteiger partial charge in [0.1, 0.15) is 5.60 Å². The van der Waals surface area contributed by atoms with Gasteiger partial charge in [-0.1, -0.05) is 0 Å². The minimum Gasteiger partial charge on any atom is -0.475 e. The maximum absolute atomic E-state index is 10.6. The molecule has 2 fully saturated rings. The maximum Gasteiger partial charge on any atom is 0.490 e. The van der Waals surface area contributed by atoms with Gasteiger partial charge in [0.05, 0.1) is 25.5 Å². The summed E-state index contributed by atoms with van der Waals surface area (Å²) in [5.41, 5.74) is 0.955. The van der Waals surface area contributed by atoms with Crippen molar-refractivity contribution < 1.29 is 78.7 Å². The third-order valence-electron chi connectivity index (χ3n) is 4.51. The van der Waals surface area contributed by atoms with Crippen LogP contribution in [-0.4, -0.2) is 102 Å². The van der Waals surface area contributed by atoms with Gasteiger partial charge in [-0.15, -0.1) is 0 Å². The molecule has 11 nitrogen and oxygen atoms in total. The molecule has 1 aromatic heterocycles. The number of carbonyl (C=O) groups is 3. The number of carboxylic acid groups (broad SMARTS) is 3. The van der Waals surface area contributed by atoms with Crippen LogP contribution in [0.25, 0.3) is 0 Å². The Morgan fingerprint density at radius 3 is 1.90 bits per heavy atom. The maximum atomic E-state index is 10.6. The summed E-state index contributed by atoms with van der Waals surface area (Å²) >= 11 is 0. The molecule has 20 heteroatoms.